The van der Waals surface area contributed by atoms with Crippen molar-refractivity contribution in [2.45, 2.75) is 49.9 Å². The number of carbonyl (C=O) groups is 1. The van der Waals surface area contributed by atoms with E-state index in [-0.39, 0.29) is 10.7 Å². The summed E-state index contributed by atoms with van der Waals surface area (Å²) in [6.45, 7) is 0. The zero-order valence-electron chi connectivity index (χ0n) is 9.92. The van der Waals surface area contributed by atoms with Gasteiger partial charge in [0.05, 0.1) is 5.41 Å². The molecule has 1 aromatic rings. The van der Waals surface area contributed by atoms with Crippen molar-refractivity contribution in [3.05, 3.63) is 35.4 Å². The molecule has 0 atom stereocenters. The lowest BCUT2D eigenvalue weighted by Gasteiger charge is -2.25. The van der Waals surface area contributed by atoms with E-state index >= 15 is 0 Å². The van der Waals surface area contributed by atoms with Crippen LogP contribution in [0.15, 0.2) is 24.3 Å². The van der Waals surface area contributed by atoms with Crippen LogP contribution in [0, 0.1) is 0 Å². The van der Waals surface area contributed by atoms with Crippen molar-refractivity contribution in [1.29, 1.82) is 0 Å². The van der Waals surface area contributed by atoms with E-state index in [4.69, 9.17) is 11.6 Å². The standard InChI is InChI=1S/C15H17ClO/c16-14(17)15(9-1-2-10-15)13-7-5-12(6-8-13)11-3-4-11/h5-8,11H,1-4,9-10H2. The zero-order chi connectivity index (χ0) is 11.9. The van der Waals surface area contributed by atoms with Crippen molar-refractivity contribution in [1.82, 2.24) is 0 Å². The Morgan fingerprint density at radius 3 is 2.18 bits per heavy atom. The maximum atomic E-state index is 11.8. The summed E-state index contributed by atoms with van der Waals surface area (Å²) in [6, 6.07) is 8.62. The van der Waals surface area contributed by atoms with Gasteiger partial charge in [-0.1, -0.05) is 37.1 Å². The van der Waals surface area contributed by atoms with Crippen molar-refractivity contribution in [3.8, 4) is 0 Å². The normalized spacial score (nSPS) is 22.6. The number of benzene rings is 1. The van der Waals surface area contributed by atoms with Crippen LogP contribution in [0.1, 0.15) is 55.6 Å². The summed E-state index contributed by atoms with van der Waals surface area (Å²) < 4.78 is 0. The van der Waals surface area contributed by atoms with E-state index < -0.39 is 0 Å². The molecule has 2 aliphatic carbocycles. The van der Waals surface area contributed by atoms with Gasteiger partial charge in [0.15, 0.2) is 0 Å². The van der Waals surface area contributed by atoms with Crippen LogP contribution in [0.2, 0.25) is 0 Å². The van der Waals surface area contributed by atoms with Gasteiger partial charge < -0.3 is 0 Å². The summed E-state index contributed by atoms with van der Waals surface area (Å²) in [5.74, 6) is 0.773. The largest absolute Gasteiger partial charge is 0.280 e. The molecule has 17 heavy (non-hydrogen) atoms. The molecular weight excluding hydrogens is 232 g/mol. The fourth-order valence-corrected chi connectivity index (χ4v) is 3.37. The quantitative estimate of drug-likeness (QED) is 0.735. The summed E-state index contributed by atoms with van der Waals surface area (Å²) in [7, 11) is 0. The Kier molecular flexibility index (Phi) is 2.74. The molecule has 0 N–H and O–H groups in total. The van der Waals surface area contributed by atoms with Crippen LogP contribution < -0.4 is 0 Å². The van der Waals surface area contributed by atoms with E-state index in [0.29, 0.717) is 0 Å². The van der Waals surface area contributed by atoms with Crippen LogP contribution in [0.3, 0.4) is 0 Å². The second-order valence-corrected chi connectivity index (χ2v) is 5.80. The number of hydrogen-bond donors (Lipinski definition) is 0. The first-order chi connectivity index (χ1) is 8.22. The highest BCUT2D eigenvalue weighted by Gasteiger charge is 2.41. The first-order valence-corrected chi connectivity index (χ1v) is 6.90. The minimum atomic E-state index is -0.385. The van der Waals surface area contributed by atoms with Gasteiger partial charge in [0.2, 0.25) is 5.24 Å². The molecule has 0 saturated heterocycles. The molecule has 0 spiro atoms. The van der Waals surface area contributed by atoms with E-state index in [2.05, 4.69) is 24.3 Å². The highest BCUT2D eigenvalue weighted by atomic mass is 35.5. The number of rotatable bonds is 3. The average molecular weight is 249 g/mol. The lowest BCUT2D eigenvalue weighted by Crippen LogP contribution is -2.29. The van der Waals surface area contributed by atoms with Gasteiger partial charge in [-0.25, -0.2) is 0 Å². The minimum Gasteiger partial charge on any atom is -0.280 e. The maximum Gasteiger partial charge on any atom is 0.232 e. The molecule has 0 aliphatic heterocycles. The third-order valence-corrected chi connectivity index (χ3v) is 4.71. The molecule has 0 unspecified atom stereocenters. The number of hydrogen-bond acceptors (Lipinski definition) is 1. The van der Waals surface area contributed by atoms with Gasteiger partial charge in [-0.05, 0) is 54.3 Å². The van der Waals surface area contributed by atoms with Crippen molar-refractivity contribution in [3.63, 3.8) is 0 Å². The van der Waals surface area contributed by atoms with Crippen LogP contribution in [-0.2, 0) is 10.2 Å². The van der Waals surface area contributed by atoms with Crippen LogP contribution in [0.4, 0.5) is 0 Å². The molecule has 0 bridgehead atoms. The Balaban J connectivity index is 1.92. The van der Waals surface area contributed by atoms with Crippen molar-refractivity contribution < 1.29 is 4.79 Å². The Morgan fingerprint density at radius 2 is 1.71 bits per heavy atom. The van der Waals surface area contributed by atoms with Crippen LogP contribution in [0.5, 0.6) is 0 Å². The highest BCUT2D eigenvalue weighted by molar-refractivity contribution is 6.65. The summed E-state index contributed by atoms with van der Waals surface area (Å²) in [5, 5.41) is -0.172. The predicted octanol–water partition coefficient (Wildman–Crippen LogP) is 4.14. The van der Waals surface area contributed by atoms with Gasteiger partial charge in [0, 0.05) is 0 Å². The minimum absolute atomic E-state index is 0.172. The predicted molar refractivity (Wildman–Crippen MR) is 69.4 cm³/mol. The lowest BCUT2D eigenvalue weighted by atomic mass is 9.80. The molecule has 0 radical (unpaired) electrons. The summed E-state index contributed by atoms with van der Waals surface area (Å²) >= 11 is 5.85. The molecule has 3 rings (SSSR count). The lowest BCUT2D eigenvalue weighted by molar-refractivity contribution is -0.116. The Labute approximate surface area is 107 Å². The number of halogens is 1. The van der Waals surface area contributed by atoms with Gasteiger partial charge >= 0.3 is 0 Å². The highest BCUT2D eigenvalue weighted by Crippen LogP contribution is 2.44. The molecule has 2 heteroatoms. The van der Waals surface area contributed by atoms with Gasteiger partial charge in [0.1, 0.15) is 0 Å². The second-order valence-electron chi connectivity index (χ2n) is 5.46. The maximum absolute atomic E-state index is 11.8. The topological polar surface area (TPSA) is 17.1 Å². The van der Waals surface area contributed by atoms with Crippen LogP contribution in [0.25, 0.3) is 0 Å². The van der Waals surface area contributed by atoms with Crippen LogP contribution >= 0.6 is 11.6 Å². The van der Waals surface area contributed by atoms with Gasteiger partial charge in [-0.15, -0.1) is 0 Å². The second kappa shape index (κ2) is 4.13. The summed E-state index contributed by atoms with van der Waals surface area (Å²) in [4.78, 5) is 11.8. The van der Waals surface area contributed by atoms with Gasteiger partial charge in [0.25, 0.3) is 0 Å². The molecule has 1 nitrogen and oxygen atoms in total. The molecule has 0 amide bonds. The third-order valence-electron chi connectivity index (χ3n) is 4.35. The molecule has 2 saturated carbocycles. The number of carbonyl (C=O) groups excluding carboxylic acids is 1. The first-order valence-electron chi connectivity index (χ1n) is 6.53. The zero-order valence-corrected chi connectivity index (χ0v) is 10.7. The molecule has 2 aliphatic rings. The third kappa shape index (κ3) is 1.91. The van der Waals surface area contributed by atoms with Gasteiger partial charge in [-0.2, -0.15) is 0 Å². The van der Waals surface area contributed by atoms with Crippen molar-refractivity contribution in [2.75, 3.05) is 0 Å². The summed E-state index contributed by atoms with van der Waals surface area (Å²) in [6.07, 6.45) is 6.69. The fraction of sp³-hybridized carbons (Fsp3) is 0.533. The molecule has 0 heterocycles. The Morgan fingerprint density at radius 1 is 1.12 bits per heavy atom. The fourth-order valence-electron chi connectivity index (χ4n) is 3.07. The van der Waals surface area contributed by atoms with E-state index in [9.17, 15) is 4.79 Å². The Bertz CT molecular complexity index is 425. The average Bonchev–Trinajstić information content (AvgIpc) is 3.06. The van der Waals surface area contributed by atoms with Crippen molar-refractivity contribution >= 4 is 16.8 Å². The van der Waals surface area contributed by atoms with Gasteiger partial charge in [-0.3, -0.25) is 4.79 Å². The molecular formula is C15H17ClO. The van der Waals surface area contributed by atoms with Crippen molar-refractivity contribution in [2.24, 2.45) is 0 Å². The van der Waals surface area contributed by atoms with Crippen LogP contribution in [-0.4, -0.2) is 5.24 Å². The molecule has 1 aromatic carbocycles. The van der Waals surface area contributed by atoms with E-state index in [1.165, 1.54) is 18.4 Å². The smallest absolute Gasteiger partial charge is 0.232 e. The molecule has 0 aromatic heterocycles. The Hall–Kier alpha value is -0.820. The van der Waals surface area contributed by atoms with E-state index in [1.807, 2.05) is 0 Å². The van der Waals surface area contributed by atoms with E-state index in [0.717, 1.165) is 37.2 Å². The molecule has 2 fully saturated rings. The monoisotopic (exact) mass is 248 g/mol. The molecule has 90 valence electrons. The summed E-state index contributed by atoms with van der Waals surface area (Å²) in [5.41, 5.74) is 2.16. The van der Waals surface area contributed by atoms with E-state index in [1.54, 1.807) is 0 Å². The first kappa shape index (κ1) is 11.3. The SMILES string of the molecule is O=C(Cl)C1(c2ccc(C3CC3)cc2)CCCC1.